The van der Waals surface area contributed by atoms with Crippen LogP contribution in [0.2, 0.25) is 0 Å². The van der Waals surface area contributed by atoms with Crippen molar-refractivity contribution >= 4 is 11.9 Å². The van der Waals surface area contributed by atoms with E-state index < -0.39 is 6.04 Å². The number of carbonyl (C=O) groups excluding carboxylic acids is 2. The van der Waals surface area contributed by atoms with Gasteiger partial charge < -0.3 is 15.0 Å². The number of rotatable bonds is 6. The molecule has 1 aliphatic rings. The van der Waals surface area contributed by atoms with Gasteiger partial charge in [-0.2, -0.15) is 0 Å². The Morgan fingerprint density at radius 2 is 1.81 bits per heavy atom. The number of benzene rings is 2. The van der Waals surface area contributed by atoms with Crippen LogP contribution >= 0.6 is 0 Å². The Kier molecular flexibility index (Phi) is 6.02. The number of carbonyl (C=O) groups is 2. The van der Waals surface area contributed by atoms with Crippen molar-refractivity contribution in [3.63, 3.8) is 0 Å². The summed E-state index contributed by atoms with van der Waals surface area (Å²) in [5, 5.41) is 2.86. The molecule has 0 spiro atoms. The van der Waals surface area contributed by atoms with E-state index in [1.807, 2.05) is 18.2 Å². The van der Waals surface area contributed by atoms with Crippen LogP contribution in [0.15, 0.2) is 54.6 Å². The quantitative estimate of drug-likeness (QED) is 0.767. The molecule has 1 heterocycles. The largest absolute Gasteiger partial charge is 0.466 e. The maximum Gasteiger partial charge on any atom is 0.312 e. The van der Waals surface area contributed by atoms with Gasteiger partial charge in [0.15, 0.2) is 6.04 Å². The molecule has 0 aromatic heterocycles. The van der Waals surface area contributed by atoms with Gasteiger partial charge >= 0.3 is 5.97 Å². The first-order valence-electron chi connectivity index (χ1n) is 9.09. The summed E-state index contributed by atoms with van der Waals surface area (Å²) in [5.74, 6) is -0.383. The standard InChI is InChI=1S/C21H24N2O3/c1-2-26-20(24)14-19-21(25)22-12-13-23(19)15-16-8-10-18(11-9-16)17-6-4-3-5-7-17/h3-11,19H,2,12-15H2,1H3,(H,22,25)/p+1/t19-/m0/s1. The van der Waals surface area contributed by atoms with Gasteiger partial charge in [-0.05, 0) is 18.1 Å². The third-order valence-corrected chi connectivity index (χ3v) is 4.72. The summed E-state index contributed by atoms with van der Waals surface area (Å²) < 4.78 is 5.02. The number of hydrogen-bond acceptors (Lipinski definition) is 3. The van der Waals surface area contributed by atoms with Crippen LogP contribution in [0, 0.1) is 0 Å². The molecule has 2 atom stereocenters. The fourth-order valence-electron chi connectivity index (χ4n) is 3.37. The summed E-state index contributed by atoms with van der Waals surface area (Å²) >= 11 is 0. The fraction of sp³-hybridized carbons (Fsp3) is 0.333. The second-order valence-electron chi connectivity index (χ2n) is 6.50. The van der Waals surface area contributed by atoms with Crippen molar-refractivity contribution in [2.75, 3.05) is 19.7 Å². The van der Waals surface area contributed by atoms with Gasteiger partial charge in [0.2, 0.25) is 0 Å². The number of nitrogens with one attached hydrogen (secondary N) is 2. The van der Waals surface area contributed by atoms with E-state index in [4.69, 9.17) is 4.74 Å². The van der Waals surface area contributed by atoms with E-state index in [1.54, 1.807) is 6.92 Å². The highest BCUT2D eigenvalue weighted by atomic mass is 16.5. The van der Waals surface area contributed by atoms with Crippen LogP contribution in [0.4, 0.5) is 0 Å². The monoisotopic (exact) mass is 353 g/mol. The minimum Gasteiger partial charge on any atom is -0.466 e. The minimum atomic E-state index is -0.392. The molecule has 1 saturated heterocycles. The summed E-state index contributed by atoms with van der Waals surface area (Å²) in [6.07, 6.45) is 0.122. The Hall–Kier alpha value is -2.66. The summed E-state index contributed by atoms with van der Waals surface area (Å²) in [7, 11) is 0. The van der Waals surface area contributed by atoms with Crippen molar-refractivity contribution < 1.29 is 19.2 Å². The van der Waals surface area contributed by atoms with Crippen molar-refractivity contribution in [1.82, 2.24) is 5.32 Å². The normalized spacial score (nSPS) is 19.7. The molecule has 136 valence electrons. The van der Waals surface area contributed by atoms with Crippen molar-refractivity contribution in [3.8, 4) is 11.1 Å². The van der Waals surface area contributed by atoms with Crippen LogP contribution < -0.4 is 10.2 Å². The predicted molar refractivity (Wildman–Crippen MR) is 99.5 cm³/mol. The molecular formula is C21H25N2O3+. The van der Waals surface area contributed by atoms with Crippen molar-refractivity contribution in [3.05, 3.63) is 60.2 Å². The number of hydrogen-bond donors (Lipinski definition) is 2. The van der Waals surface area contributed by atoms with Crippen LogP contribution in [-0.2, 0) is 20.9 Å². The highest BCUT2D eigenvalue weighted by Crippen LogP contribution is 2.19. The zero-order valence-electron chi connectivity index (χ0n) is 15.0. The molecule has 0 radical (unpaired) electrons. The maximum atomic E-state index is 12.2. The number of piperazine rings is 1. The molecule has 1 fully saturated rings. The summed E-state index contributed by atoms with van der Waals surface area (Å²) in [6, 6.07) is 18.3. The van der Waals surface area contributed by atoms with E-state index in [-0.39, 0.29) is 18.3 Å². The average molecular weight is 353 g/mol. The average Bonchev–Trinajstić information content (AvgIpc) is 2.66. The molecule has 2 aromatic rings. The molecule has 1 aliphatic heterocycles. The first kappa shape index (κ1) is 18.1. The van der Waals surface area contributed by atoms with Crippen molar-refractivity contribution in [2.45, 2.75) is 25.9 Å². The number of amides is 1. The van der Waals surface area contributed by atoms with Crippen molar-refractivity contribution in [1.29, 1.82) is 0 Å². The van der Waals surface area contributed by atoms with Gasteiger partial charge in [-0.25, -0.2) is 0 Å². The van der Waals surface area contributed by atoms with Gasteiger partial charge in [0.05, 0.1) is 19.7 Å². The summed E-state index contributed by atoms with van der Waals surface area (Å²) in [4.78, 5) is 25.2. The first-order valence-corrected chi connectivity index (χ1v) is 9.09. The SMILES string of the molecule is CCOC(=O)C[C@H]1C(=O)NCC[NH+]1Cc1ccc(-c2ccccc2)cc1. The Morgan fingerprint density at radius 1 is 1.12 bits per heavy atom. The molecule has 1 unspecified atom stereocenters. The summed E-state index contributed by atoms with van der Waals surface area (Å²) in [5.41, 5.74) is 3.51. The lowest BCUT2D eigenvalue weighted by Crippen LogP contribution is -3.18. The van der Waals surface area contributed by atoms with Crippen LogP contribution in [0.5, 0.6) is 0 Å². The highest BCUT2D eigenvalue weighted by molar-refractivity contribution is 5.85. The zero-order valence-corrected chi connectivity index (χ0v) is 15.0. The van der Waals surface area contributed by atoms with E-state index in [2.05, 4.69) is 41.7 Å². The Labute approximate surface area is 154 Å². The number of esters is 1. The van der Waals surface area contributed by atoms with Gasteiger partial charge in [0.25, 0.3) is 5.91 Å². The Bertz CT molecular complexity index is 744. The maximum absolute atomic E-state index is 12.2. The molecule has 26 heavy (non-hydrogen) atoms. The lowest BCUT2D eigenvalue weighted by molar-refractivity contribution is -0.930. The van der Waals surface area contributed by atoms with Crippen LogP contribution in [-0.4, -0.2) is 37.6 Å². The van der Waals surface area contributed by atoms with E-state index >= 15 is 0 Å². The third kappa shape index (κ3) is 4.49. The first-order chi connectivity index (χ1) is 12.7. The van der Waals surface area contributed by atoms with E-state index in [1.165, 1.54) is 11.1 Å². The Morgan fingerprint density at radius 3 is 2.50 bits per heavy atom. The van der Waals surface area contributed by atoms with Gasteiger partial charge in [0.1, 0.15) is 13.0 Å². The molecule has 0 bridgehead atoms. The lowest BCUT2D eigenvalue weighted by atomic mass is 10.0. The fourth-order valence-corrected chi connectivity index (χ4v) is 3.37. The molecule has 5 heteroatoms. The molecule has 0 saturated carbocycles. The zero-order chi connectivity index (χ0) is 18.4. The topological polar surface area (TPSA) is 59.8 Å². The van der Waals surface area contributed by atoms with Gasteiger partial charge in [-0.15, -0.1) is 0 Å². The highest BCUT2D eigenvalue weighted by Gasteiger charge is 2.35. The molecule has 2 aromatic carbocycles. The molecule has 1 amide bonds. The molecule has 5 nitrogen and oxygen atoms in total. The number of ether oxygens (including phenoxy) is 1. The van der Waals surface area contributed by atoms with Crippen molar-refractivity contribution in [2.24, 2.45) is 0 Å². The van der Waals surface area contributed by atoms with Crippen LogP contribution in [0.1, 0.15) is 18.9 Å². The minimum absolute atomic E-state index is 0.0693. The molecule has 3 rings (SSSR count). The van der Waals surface area contributed by atoms with E-state index in [0.29, 0.717) is 19.7 Å². The lowest BCUT2D eigenvalue weighted by Gasteiger charge is -2.31. The summed E-state index contributed by atoms with van der Waals surface area (Å²) in [6.45, 7) is 4.26. The van der Waals surface area contributed by atoms with E-state index in [9.17, 15) is 9.59 Å². The number of quaternary nitrogens is 1. The van der Waals surface area contributed by atoms with Crippen LogP contribution in [0.3, 0.4) is 0 Å². The van der Waals surface area contributed by atoms with E-state index in [0.717, 1.165) is 17.0 Å². The van der Waals surface area contributed by atoms with Gasteiger partial charge in [0, 0.05) is 5.56 Å². The Balaban J connectivity index is 1.69. The van der Waals surface area contributed by atoms with Gasteiger partial charge in [-0.3, -0.25) is 9.59 Å². The smallest absolute Gasteiger partial charge is 0.312 e. The second kappa shape index (κ2) is 8.63. The predicted octanol–water partition coefficient (Wildman–Crippen LogP) is 1.19. The molecule has 2 N–H and O–H groups in total. The second-order valence-corrected chi connectivity index (χ2v) is 6.50. The third-order valence-electron chi connectivity index (χ3n) is 4.72. The van der Waals surface area contributed by atoms with Gasteiger partial charge in [-0.1, -0.05) is 54.6 Å². The van der Waals surface area contributed by atoms with Crippen LogP contribution in [0.25, 0.3) is 11.1 Å². The molecule has 0 aliphatic carbocycles. The molecular weight excluding hydrogens is 328 g/mol.